The highest BCUT2D eigenvalue weighted by atomic mass is 32.9. The molecule has 0 aliphatic carbocycles. The number of amides is 3. The van der Waals surface area contributed by atoms with Crippen molar-refractivity contribution in [2.24, 2.45) is 0 Å². The first-order valence-electron chi connectivity index (χ1n) is 8.01. The van der Waals surface area contributed by atoms with Crippen LogP contribution in [0.2, 0.25) is 0 Å². The third-order valence-electron chi connectivity index (χ3n) is 3.63. The zero-order valence-corrected chi connectivity index (χ0v) is 16.6. The molecule has 1 aliphatic rings. The second kappa shape index (κ2) is 9.04. The van der Waals surface area contributed by atoms with Crippen LogP contribution in [0.5, 0.6) is 5.75 Å². The Balaban J connectivity index is 1.47. The fraction of sp³-hybridized carbons (Fsp3) is 0.176. The molecule has 0 radical (unpaired) electrons. The monoisotopic (exact) mass is 439 g/mol. The maximum Gasteiger partial charge on any atom is 0.330 e. The largest absolute Gasteiger partial charge is 0.425 e. The molecule has 2 aromatic rings. The van der Waals surface area contributed by atoms with Gasteiger partial charge in [0.15, 0.2) is 0 Å². The lowest BCUT2D eigenvalue weighted by molar-refractivity contribution is -0.133. The van der Waals surface area contributed by atoms with Crippen LogP contribution >= 0.6 is 32.9 Å². The van der Waals surface area contributed by atoms with Gasteiger partial charge in [0.25, 0.3) is 0 Å². The van der Waals surface area contributed by atoms with E-state index < -0.39 is 36.3 Å². The van der Waals surface area contributed by atoms with Gasteiger partial charge in [-0.05, 0) is 35.9 Å². The lowest BCUT2D eigenvalue weighted by Crippen LogP contribution is -2.47. The number of ether oxygens (including phenoxy) is 1. The van der Waals surface area contributed by atoms with Crippen LogP contribution in [0.3, 0.4) is 0 Å². The average Bonchev–Trinajstić information content (AvgIpc) is 3.10. The Bertz CT molecular complexity index is 984. The maximum atomic E-state index is 13.5. The molecule has 1 aliphatic heterocycles. The summed E-state index contributed by atoms with van der Waals surface area (Å²) in [6, 6.07) is 6.95. The number of rotatable bonds is 5. The Kier molecular flexibility index (Phi) is 6.49. The van der Waals surface area contributed by atoms with Gasteiger partial charge in [-0.25, -0.2) is 14.0 Å². The molecule has 11 heteroatoms. The number of nitrogens with one attached hydrogen (secondary N) is 3. The molecule has 1 atom stereocenters. The summed E-state index contributed by atoms with van der Waals surface area (Å²) in [5.41, 5.74) is 0.959. The van der Waals surface area contributed by atoms with Crippen molar-refractivity contribution in [2.75, 3.05) is 6.54 Å². The molecule has 3 N–H and O–H groups in total. The lowest BCUT2D eigenvalue weighted by atomic mass is 10.1. The molecule has 0 fully saturated rings. The summed E-state index contributed by atoms with van der Waals surface area (Å²) in [7, 11) is 3.08. The third-order valence-corrected chi connectivity index (χ3v) is 6.54. The highest BCUT2D eigenvalue weighted by molar-refractivity contribution is 7.80. The van der Waals surface area contributed by atoms with E-state index in [1.54, 1.807) is 34.6 Å². The number of carbonyl (C=O) groups excluding carboxylic acids is 3. The van der Waals surface area contributed by atoms with E-state index in [2.05, 4.69) is 16.0 Å². The molecule has 3 amide bonds. The van der Waals surface area contributed by atoms with Crippen LogP contribution in [0.15, 0.2) is 42.4 Å². The molecular weight excluding hydrogens is 425 g/mol. The maximum absolute atomic E-state index is 13.5. The minimum atomic E-state index is -1.06. The summed E-state index contributed by atoms with van der Waals surface area (Å²) in [6.07, 6.45) is 0.672. The molecule has 2 heterocycles. The van der Waals surface area contributed by atoms with E-state index in [1.165, 1.54) is 10.3 Å². The van der Waals surface area contributed by atoms with E-state index in [1.807, 2.05) is 6.07 Å². The van der Waals surface area contributed by atoms with Crippen molar-refractivity contribution in [1.82, 2.24) is 16.0 Å². The van der Waals surface area contributed by atoms with Crippen molar-refractivity contribution in [3.63, 3.8) is 0 Å². The minimum absolute atomic E-state index is 0.218. The van der Waals surface area contributed by atoms with Gasteiger partial charge in [-0.2, -0.15) is 0 Å². The molecule has 1 aromatic carbocycles. The Morgan fingerprint density at radius 2 is 2.04 bits per heavy atom. The molecule has 0 bridgehead atoms. The molecule has 28 heavy (non-hydrogen) atoms. The smallest absolute Gasteiger partial charge is 0.330 e. The molecule has 7 nitrogen and oxygen atoms in total. The van der Waals surface area contributed by atoms with Gasteiger partial charge in [0.05, 0.1) is 12.5 Å². The van der Waals surface area contributed by atoms with E-state index in [-0.39, 0.29) is 6.42 Å². The highest BCUT2D eigenvalue weighted by Crippen LogP contribution is 2.30. The van der Waals surface area contributed by atoms with Crippen molar-refractivity contribution in [3.8, 4) is 16.2 Å². The fourth-order valence-electron chi connectivity index (χ4n) is 2.30. The molecule has 1 aromatic heterocycles. The van der Waals surface area contributed by atoms with Crippen LogP contribution < -0.4 is 20.7 Å². The van der Waals surface area contributed by atoms with E-state index in [0.29, 0.717) is 5.75 Å². The zero-order chi connectivity index (χ0) is 20.1. The Morgan fingerprint density at radius 3 is 2.71 bits per heavy atom. The summed E-state index contributed by atoms with van der Waals surface area (Å²) in [6.45, 7) is -0.413. The summed E-state index contributed by atoms with van der Waals surface area (Å²) in [5.74, 6) is -1.45. The summed E-state index contributed by atoms with van der Waals surface area (Å²) in [5, 5.41) is 6.75. The van der Waals surface area contributed by atoms with Crippen molar-refractivity contribution in [1.29, 1.82) is 0 Å². The SMILES string of the molecule is O=C1CC(NC(=O)NCC(=O)Oc2ccc(-c3cc(=S)ss3)cc2)C(F)=CN1. The topological polar surface area (TPSA) is 96.5 Å². The van der Waals surface area contributed by atoms with Crippen molar-refractivity contribution in [2.45, 2.75) is 12.5 Å². The molecular formula is C17H14FN3O4S3. The van der Waals surface area contributed by atoms with E-state index in [4.69, 9.17) is 17.0 Å². The zero-order valence-electron chi connectivity index (χ0n) is 14.2. The fourth-order valence-corrected chi connectivity index (χ4v) is 4.70. The second-order valence-electron chi connectivity index (χ2n) is 5.67. The lowest BCUT2D eigenvalue weighted by Gasteiger charge is -2.20. The molecule has 0 spiro atoms. The predicted molar refractivity (Wildman–Crippen MR) is 106 cm³/mol. The average molecular weight is 440 g/mol. The molecule has 0 saturated heterocycles. The molecule has 1 unspecified atom stereocenters. The number of esters is 1. The van der Waals surface area contributed by atoms with Gasteiger partial charge >= 0.3 is 12.0 Å². The van der Waals surface area contributed by atoms with Gasteiger partial charge in [-0.1, -0.05) is 32.9 Å². The number of urea groups is 1. The van der Waals surface area contributed by atoms with Crippen molar-refractivity contribution in [3.05, 3.63) is 46.2 Å². The van der Waals surface area contributed by atoms with Gasteiger partial charge in [-0.15, -0.1) is 0 Å². The van der Waals surface area contributed by atoms with E-state index in [9.17, 15) is 18.8 Å². The number of benzene rings is 1. The van der Waals surface area contributed by atoms with Gasteiger partial charge in [0.2, 0.25) is 5.91 Å². The van der Waals surface area contributed by atoms with Crippen LogP contribution in [0.1, 0.15) is 6.42 Å². The van der Waals surface area contributed by atoms with Crippen LogP contribution in [-0.2, 0) is 9.59 Å². The van der Waals surface area contributed by atoms with Crippen LogP contribution in [0.4, 0.5) is 9.18 Å². The number of hydrogen-bond acceptors (Lipinski definition) is 7. The highest BCUT2D eigenvalue weighted by Gasteiger charge is 2.24. The quantitative estimate of drug-likeness (QED) is 0.288. The second-order valence-corrected chi connectivity index (χ2v) is 8.58. The Labute approximate surface area is 171 Å². The predicted octanol–water partition coefficient (Wildman–Crippen LogP) is 3.11. The van der Waals surface area contributed by atoms with Crippen LogP contribution in [0, 0.1) is 3.82 Å². The molecule has 146 valence electrons. The standard InChI is InChI=1S/C17H14FN3O4S3/c18-11-7-19-14(22)5-12(11)21-17(24)20-8-15(23)25-10-3-1-9(2-4-10)13-6-16(26)28-27-13/h1-4,6-7,12H,5,8H2,(H,19,22)(H2,20,21,24). The summed E-state index contributed by atoms with van der Waals surface area (Å²) in [4.78, 5) is 35.9. The van der Waals surface area contributed by atoms with Gasteiger partial charge in [-0.3, -0.25) is 4.79 Å². The van der Waals surface area contributed by atoms with Gasteiger partial charge in [0.1, 0.15) is 21.9 Å². The van der Waals surface area contributed by atoms with E-state index >= 15 is 0 Å². The first kappa shape index (κ1) is 20.1. The summed E-state index contributed by atoms with van der Waals surface area (Å²) >= 11 is 5.11. The van der Waals surface area contributed by atoms with E-state index in [0.717, 1.165) is 20.5 Å². The normalized spacial score (nSPS) is 16.0. The van der Waals surface area contributed by atoms with Gasteiger partial charge < -0.3 is 20.7 Å². The number of halogens is 1. The molecule has 3 rings (SSSR count). The number of hydrogen-bond donors (Lipinski definition) is 3. The Hall–Kier alpha value is -2.63. The summed E-state index contributed by atoms with van der Waals surface area (Å²) < 4.78 is 19.5. The minimum Gasteiger partial charge on any atom is -0.425 e. The first-order chi connectivity index (χ1) is 13.4. The van der Waals surface area contributed by atoms with Gasteiger partial charge in [0, 0.05) is 11.1 Å². The molecule has 0 saturated carbocycles. The van der Waals surface area contributed by atoms with Crippen LogP contribution in [0.25, 0.3) is 10.4 Å². The van der Waals surface area contributed by atoms with Crippen LogP contribution in [-0.4, -0.2) is 30.5 Å². The third kappa shape index (κ3) is 5.44. The first-order valence-corrected chi connectivity index (χ1v) is 10.6. The Morgan fingerprint density at radius 1 is 1.29 bits per heavy atom. The van der Waals surface area contributed by atoms with Crippen molar-refractivity contribution >= 4 is 50.8 Å². The van der Waals surface area contributed by atoms with Crippen molar-refractivity contribution < 1.29 is 23.5 Å². The number of carbonyl (C=O) groups is 3.